The Bertz CT molecular complexity index is 2660. The number of hydrogen-bond acceptors (Lipinski definition) is 3. The standard InChI is InChI=1S/C35H19N5/c1-2-9-21-17-30-25(16-20(21)8-1)32-31(40(30)35-37-19-27-26(38-35)12-7-15-36-27)18-24-22-10-3-5-13-28(22)39-29-14-6-4-11-23(29)33(32)34(24)39/h1-19H. The average Bonchev–Trinajstić information content (AvgIpc) is 3.63. The Morgan fingerprint density at radius 2 is 1.25 bits per heavy atom. The molecule has 184 valence electrons. The zero-order chi connectivity index (χ0) is 25.9. The van der Waals surface area contributed by atoms with Gasteiger partial charge in [0.25, 0.3) is 0 Å². The summed E-state index contributed by atoms with van der Waals surface area (Å²) in [4.78, 5) is 14.3. The van der Waals surface area contributed by atoms with Crippen molar-refractivity contribution in [2.24, 2.45) is 0 Å². The van der Waals surface area contributed by atoms with Crippen molar-refractivity contribution in [3.63, 3.8) is 0 Å². The van der Waals surface area contributed by atoms with E-state index in [0.29, 0.717) is 5.95 Å². The second kappa shape index (κ2) is 7.10. The lowest BCUT2D eigenvalue weighted by Crippen LogP contribution is -2.01. The molecule has 0 aliphatic heterocycles. The van der Waals surface area contributed by atoms with Gasteiger partial charge in [0.1, 0.15) is 5.52 Å². The van der Waals surface area contributed by atoms with Crippen molar-refractivity contribution in [2.75, 3.05) is 0 Å². The number of nitrogens with zero attached hydrogens (tertiary/aromatic N) is 5. The summed E-state index contributed by atoms with van der Waals surface area (Å²) < 4.78 is 4.68. The monoisotopic (exact) mass is 509 g/mol. The molecule has 0 fully saturated rings. The van der Waals surface area contributed by atoms with Crippen molar-refractivity contribution in [3.05, 3.63) is 116 Å². The molecular weight excluding hydrogens is 490 g/mol. The highest BCUT2D eigenvalue weighted by Gasteiger charge is 2.24. The minimum absolute atomic E-state index is 0.650. The lowest BCUT2D eigenvalue weighted by molar-refractivity contribution is 1.01. The quantitative estimate of drug-likeness (QED) is 0.223. The molecule has 0 saturated carbocycles. The second-order valence-corrected chi connectivity index (χ2v) is 10.5. The third kappa shape index (κ3) is 2.41. The van der Waals surface area contributed by atoms with Crippen molar-refractivity contribution in [1.82, 2.24) is 23.9 Å². The van der Waals surface area contributed by atoms with E-state index in [1.807, 2.05) is 18.3 Å². The highest BCUT2D eigenvalue weighted by Crippen LogP contribution is 2.46. The highest BCUT2D eigenvalue weighted by atomic mass is 15.2. The minimum Gasteiger partial charge on any atom is -0.308 e. The number of benzene rings is 5. The number of aromatic nitrogens is 5. The first-order valence-corrected chi connectivity index (χ1v) is 13.5. The molecule has 0 atom stereocenters. The fraction of sp³-hybridized carbons (Fsp3) is 0. The fourth-order valence-corrected chi connectivity index (χ4v) is 6.88. The highest BCUT2D eigenvalue weighted by molar-refractivity contribution is 6.36. The predicted octanol–water partition coefficient (Wildman–Crippen LogP) is 8.43. The first-order chi connectivity index (χ1) is 19.8. The number of para-hydroxylation sites is 2. The van der Waals surface area contributed by atoms with Crippen LogP contribution < -0.4 is 0 Å². The van der Waals surface area contributed by atoms with Crippen molar-refractivity contribution in [3.8, 4) is 5.95 Å². The zero-order valence-corrected chi connectivity index (χ0v) is 21.2. The Morgan fingerprint density at radius 1 is 0.500 bits per heavy atom. The van der Waals surface area contributed by atoms with Crippen molar-refractivity contribution in [1.29, 1.82) is 0 Å². The van der Waals surface area contributed by atoms with E-state index >= 15 is 0 Å². The van der Waals surface area contributed by atoms with Gasteiger partial charge in [-0.2, -0.15) is 0 Å². The maximum Gasteiger partial charge on any atom is 0.235 e. The molecule has 0 N–H and O–H groups in total. The Hall–Kier alpha value is -5.55. The minimum atomic E-state index is 0.650. The molecule has 40 heavy (non-hydrogen) atoms. The molecule has 0 unspecified atom stereocenters. The largest absolute Gasteiger partial charge is 0.308 e. The zero-order valence-electron chi connectivity index (χ0n) is 21.2. The van der Waals surface area contributed by atoms with Gasteiger partial charge in [0.05, 0.1) is 39.3 Å². The van der Waals surface area contributed by atoms with E-state index in [-0.39, 0.29) is 0 Å². The van der Waals surface area contributed by atoms with Crippen LogP contribution in [0.25, 0.3) is 87.7 Å². The van der Waals surface area contributed by atoms with Gasteiger partial charge in [-0.05, 0) is 53.2 Å². The topological polar surface area (TPSA) is 48.0 Å². The van der Waals surface area contributed by atoms with Crippen molar-refractivity contribution in [2.45, 2.75) is 0 Å². The molecule has 0 aliphatic rings. The number of rotatable bonds is 1. The Kier molecular flexibility index (Phi) is 3.62. The Balaban J connectivity index is 1.52. The van der Waals surface area contributed by atoms with E-state index in [9.17, 15) is 0 Å². The van der Waals surface area contributed by atoms with E-state index in [2.05, 4.69) is 105 Å². The van der Waals surface area contributed by atoms with Crippen LogP contribution in [0.2, 0.25) is 0 Å². The van der Waals surface area contributed by atoms with Crippen LogP contribution in [0, 0.1) is 0 Å². The van der Waals surface area contributed by atoms with Crippen LogP contribution in [0.4, 0.5) is 0 Å². The first-order valence-electron chi connectivity index (χ1n) is 13.5. The summed E-state index contributed by atoms with van der Waals surface area (Å²) in [6.07, 6.45) is 3.61. The van der Waals surface area contributed by atoms with E-state index in [1.54, 1.807) is 6.20 Å². The van der Waals surface area contributed by atoms with E-state index in [0.717, 1.165) is 22.1 Å². The summed E-state index contributed by atoms with van der Waals surface area (Å²) in [7, 11) is 0. The number of hydrogen-bond donors (Lipinski definition) is 0. The molecule has 0 spiro atoms. The van der Waals surface area contributed by atoms with E-state index in [1.165, 1.54) is 59.6 Å². The third-order valence-electron chi connectivity index (χ3n) is 8.51. The van der Waals surface area contributed by atoms with Gasteiger partial charge < -0.3 is 4.40 Å². The Morgan fingerprint density at radius 3 is 2.12 bits per heavy atom. The maximum absolute atomic E-state index is 5.03. The van der Waals surface area contributed by atoms with Crippen LogP contribution in [-0.2, 0) is 0 Å². The lowest BCUT2D eigenvalue weighted by Gasteiger charge is -2.08. The third-order valence-corrected chi connectivity index (χ3v) is 8.51. The van der Waals surface area contributed by atoms with Gasteiger partial charge in [-0.25, -0.2) is 9.97 Å². The molecule has 10 aromatic rings. The summed E-state index contributed by atoms with van der Waals surface area (Å²) in [5.74, 6) is 0.650. The van der Waals surface area contributed by atoms with Crippen LogP contribution in [0.1, 0.15) is 0 Å². The molecule has 5 nitrogen and oxygen atoms in total. The molecule has 0 bridgehead atoms. The first kappa shape index (κ1) is 20.4. The van der Waals surface area contributed by atoms with Gasteiger partial charge in [-0.1, -0.05) is 60.7 Å². The molecule has 5 heteroatoms. The summed E-state index contributed by atoms with van der Waals surface area (Å²) in [5, 5.41) is 9.88. The SMILES string of the molecule is c1ccc2cc3c(cc2c1)c1c2c4ccccc4n4c5ccccc5c(cc1n3-c1ncc3ncccc3n1)c24. The van der Waals surface area contributed by atoms with Crippen LogP contribution >= 0.6 is 0 Å². The molecule has 5 aromatic carbocycles. The smallest absolute Gasteiger partial charge is 0.235 e. The lowest BCUT2D eigenvalue weighted by atomic mass is 10.0. The summed E-state index contributed by atoms with van der Waals surface area (Å²) in [6, 6.07) is 37.0. The summed E-state index contributed by atoms with van der Waals surface area (Å²) in [5.41, 5.74) is 7.55. The van der Waals surface area contributed by atoms with Crippen LogP contribution in [-0.4, -0.2) is 23.9 Å². The van der Waals surface area contributed by atoms with Crippen LogP contribution in [0.15, 0.2) is 116 Å². The van der Waals surface area contributed by atoms with Crippen molar-refractivity contribution >= 4 is 81.7 Å². The number of fused-ring (bicyclic) bond motifs is 12. The molecule has 10 rings (SSSR count). The predicted molar refractivity (Wildman–Crippen MR) is 164 cm³/mol. The van der Waals surface area contributed by atoms with Gasteiger partial charge in [0.2, 0.25) is 5.95 Å². The summed E-state index contributed by atoms with van der Waals surface area (Å²) >= 11 is 0. The average molecular weight is 510 g/mol. The van der Waals surface area contributed by atoms with E-state index in [4.69, 9.17) is 9.97 Å². The van der Waals surface area contributed by atoms with Gasteiger partial charge in [0.15, 0.2) is 0 Å². The molecule has 5 aromatic heterocycles. The normalized spacial score (nSPS) is 12.5. The van der Waals surface area contributed by atoms with Crippen LogP contribution in [0.5, 0.6) is 0 Å². The molecular formula is C35H19N5. The van der Waals surface area contributed by atoms with Gasteiger partial charge >= 0.3 is 0 Å². The molecule has 5 heterocycles. The van der Waals surface area contributed by atoms with Crippen molar-refractivity contribution < 1.29 is 0 Å². The van der Waals surface area contributed by atoms with Crippen LogP contribution in [0.3, 0.4) is 0 Å². The number of pyridine rings is 1. The summed E-state index contributed by atoms with van der Waals surface area (Å²) in [6.45, 7) is 0. The van der Waals surface area contributed by atoms with Gasteiger partial charge in [0, 0.05) is 38.5 Å². The molecule has 0 radical (unpaired) electrons. The maximum atomic E-state index is 5.03. The molecule has 0 saturated heterocycles. The Labute approximate surface area is 226 Å². The van der Waals surface area contributed by atoms with Gasteiger partial charge in [-0.3, -0.25) is 9.55 Å². The van der Waals surface area contributed by atoms with E-state index < -0.39 is 0 Å². The molecule has 0 amide bonds. The molecule has 0 aliphatic carbocycles. The fourth-order valence-electron chi connectivity index (χ4n) is 6.88. The second-order valence-electron chi connectivity index (χ2n) is 10.5. The van der Waals surface area contributed by atoms with Gasteiger partial charge in [-0.15, -0.1) is 0 Å².